The summed E-state index contributed by atoms with van der Waals surface area (Å²) in [5.41, 5.74) is 3.16. The number of rotatable bonds is 2. The molecule has 1 N–H and O–H groups in total. The number of aromatic nitrogens is 2. The molecule has 1 heterocycles. The molecule has 0 saturated carbocycles. The first-order chi connectivity index (χ1) is 9.66. The first-order valence-electron chi connectivity index (χ1n) is 6.69. The highest BCUT2D eigenvalue weighted by Gasteiger charge is 2.23. The molecule has 0 aliphatic heterocycles. The Morgan fingerprint density at radius 3 is 2.90 bits per heavy atom. The van der Waals surface area contributed by atoms with Crippen LogP contribution in [-0.2, 0) is 12.8 Å². The van der Waals surface area contributed by atoms with E-state index in [0.29, 0.717) is 11.7 Å². The Balaban J connectivity index is 1.88. The third kappa shape index (κ3) is 2.31. The zero-order valence-electron chi connectivity index (χ0n) is 11.3. The Morgan fingerprint density at radius 1 is 1.35 bits per heavy atom. The summed E-state index contributed by atoms with van der Waals surface area (Å²) in [6.45, 7) is 0. The quantitative estimate of drug-likeness (QED) is 0.924. The lowest BCUT2D eigenvalue weighted by molar-refractivity contribution is 0.547. The van der Waals surface area contributed by atoms with E-state index in [4.69, 9.17) is 11.6 Å². The molecule has 0 bridgehead atoms. The standard InChI is InChI=1S/C15H16ClN3O/c1-19(13-9-17-18-15(20)14(13)16)12-7-6-10-4-2-3-5-11(10)8-12/h2-5,9,12H,6-8H2,1H3,(H,18,20). The molecule has 1 atom stereocenters. The molecule has 2 aromatic rings. The summed E-state index contributed by atoms with van der Waals surface area (Å²) < 4.78 is 0. The van der Waals surface area contributed by atoms with Crippen molar-refractivity contribution in [3.05, 3.63) is 57.0 Å². The molecule has 0 fully saturated rings. The summed E-state index contributed by atoms with van der Waals surface area (Å²) in [7, 11) is 1.97. The van der Waals surface area contributed by atoms with Crippen LogP contribution in [0, 0.1) is 0 Å². The van der Waals surface area contributed by atoms with Crippen LogP contribution >= 0.6 is 11.6 Å². The fourth-order valence-electron chi connectivity index (χ4n) is 2.83. The summed E-state index contributed by atoms with van der Waals surface area (Å²) in [5, 5.41) is 6.40. The van der Waals surface area contributed by atoms with Gasteiger partial charge in [0.05, 0.1) is 11.9 Å². The number of hydrogen-bond donors (Lipinski definition) is 1. The molecule has 1 aliphatic rings. The second-order valence-electron chi connectivity index (χ2n) is 5.17. The van der Waals surface area contributed by atoms with Crippen LogP contribution in [-0.4, -0.2) is 23.3 Å². The largest absolute Gasteiger partial charge is 0.369 e. The number of H-pyrrole nitrogens is 1. The summed E-state index contributed by atoms with van der Waals surface area (Å²) in [4.78, 5) is 13.6. The molecule has 5 heteroatoms. The zero-order chi connectivity index (χ0) is 14.1. The third-order valence-corrected chi connectivity index (χ3v) is 4.39. The zero-order valence-corrected chi connectivity index (χ0v) is 12.0. The Labute approximate surface area is 122 Å². The van der Waals surface area contributed by atoms with E-state index in [1.54, 1.807) is 6.20 Å². The highest BCUT2D eigenvalue weighted by molar-refractivity contribution is 6.32. The van der Waals surface area contributed by atoms with Crippen LogP contribution in [0.25, 0.3) is 0 Å². The van der Waals surface area contributed by atoms with Gasteiger partial charge in [-0.3, -0.25) is 4.79 Å². The van der Waals surface area contributed by atoms with Gasteiger partial charge >= 0.3 is 0 Å². The molecule has 1 unspecified atom stereocenters. The van der Waals surface area contributed by atoms with Crippen molar-refractivity contribution in [3.8, 4) is 0 Å². The molecule has 104 valence electrons. The van der Waals surface area contributed by atoms with Crippen LogP contribution in [0.15, 0.2) is 35.3 Å². The number of nitrogens with zero attached hydrogens (tertiary/aromatic N) is 2. The van der Waals surface area contributed by atoms with Crippen LogP contribution in [0.1, 0.15) is 17.5 Å². The maximum Gasteiger partial charge on any atom is 0.285 e. The van der Waals surface area contributed by atoms with Crippen molar-refractivity contribution in [2.24, 2.45) is 0 Å². The second kappa shape index (κ2) is 5.29. The summed E-state index contributed by atoms with van der Waals surface area (Å²) in [6.07, 6.45) is 4.69. The van der Waals surface area contributed by atoms with E-state index in [0.717, 1.165) is 19.3 Å². The summed E-state index contributed by atoms with van der Waals surface area (Å²) in [6, 6.07) is 8.86. The van der Waals surface area contributed by atoms with E-state index in [9.17, 15) is 4.79 Å². The van der Waals surface area contributed by atoms with Gasteiger partial charge in [0, 0.05) is 13.1 Å². The van der Waals surface area contributed by atoms with Crippen molar-refractivity contribution in [2.75, 3.05) is 11.9 Å². The average molecular weight is 290 g/mol. The van der Waals surface area contributed by atoms with Gasteiger partial charge in [-0.05, 0) is 30.4 Å². The minimum Gasteiger partial charge on any atom is -0.369 e. The highest BCUT2D eigenvalue weighted by atomic mass is 35.5. The lowest BCUT2D eigenvalue weighted by Gasteiger charge is -2.34. The van der Waals surface area contributed by atoms with Crippen molar-refractivity contribution >= 4 is 17.3 Å². The highest BCUT2D eigenvalue weighted by Crippen LogP contribution is 2.28. The predicted molar refractivity (Wildman–Crippen MR) is 80.5 cm³/mol. The monoisotopic (exact) mass is 289 g/mol. The number of benzene rings is 1. The molecule has 0 saturated heterocycles. The molecule has 3 rings (SSSR count). The maximum atomic E-state index is 11.5. The Hall–Kier alpha value is -1.81. The van der Waals surface area contributed by atoms with E-state index in [-0.39, 0.29) is 10.6 Å². The summed E-state index contributed by atoms with van der Waals surface area (Å²) >= 11 is 6.08. The van der Waals surface area contributed by atoms with Crippen LogP contribution in [0.2, 0.25) is 5.02 Å². The minimum absolute atomic E-state index is 0.210. The predicted octanol–water partition coefficient (Wildman–Crippen LogP) is 2.42. The van der Waals surface area contributed by atoms with Crippen LogP contribution < -0.4 is 10.5 Å². The number of aryl methyl sites for hydroxylation is 1. The van der Waals surface area contributed by atoms with Crippen molar-refractivity contribution in [1.29, 1.82) is 0 Å². The Kier molecular flexibility index (Phi) is 3.49. The number of likely N-dealkylation sites (N-methyl/N-ethyl adjacent to an activating group) is 1. The van der Waals surface area contributed by atoms with Gasteiger partial charge in [-0.15, -0.1) is 0 Å². The molecule has 1 aromatic heterocycles. The maximum absolute atomic E-state index is 11.5. The SMILES string of the molecule is CN(c1cn[nH]c(=O)c1Cl)C1CCc2ccccc2C1. The van der Waals surface area contributed by atoms with E-state index in [2.05, 4.69) is 39.4 Å². The Bertz CT molecular complexity index is 683. The topological polar surface area (TPSA) is 49.0 Å². The number of anilines is 1. The molecule has 1 aliphatic carbocycles. The van der Waals surface area contributed by atoms with Gasteiger partial charge in [-0.25, -0.2) is 5.10 Å². The van der Waals surface area contributed by atoms with Gasteiger partial charge in [0.2, 0.25) is 0 Å². The first-order valence-corrected chi connectivity index (χ1v) is 7.07. The number of fused-ring (bicyclic) bond motifs is 1. The van der Waals surface area contributed by atoms with Crippen molar-refractivity contribution < 1.29 is 0 Å². The van der Waals surface area contributed by atoms with Gasteiger partial charge in [-0.2, -0.15) is 5.10 Å². The molecule has 4 nitrogen and oxygen atoms in total. The second-order valence-corrected chi connectivity index (χ2v) is 5.55. The molecular formula is C15H16ClN3O. The van der Waals surface area contributed by atoms with E-state index < -0.39 is 0 Å². The molecule has 20 heavy (non-hydrogen) atoms. The molecule has 0 spiro atoms. The van der Waals surface area contributed by atoms with Gasteiger partial charge in [0.1, 0.15) is 5.02 Å². The van der Waals surface area contributed by atoms with Gasteiger partial charge in [-0.1, -0.05) is 35.9 Å². The molecule has 0 amide bonds. The summed E-state index contributed by atoms with van der Waals surface area (Å²) in [5.74, 6) is 0. The van der Waals surface area contributed by atoms with Crippen molar-refractivity contribution in [1.82, 2.24) is 10.2 Å². The van der Waals surface area contributed by atoms with E-state index in [1.165, 1.54) is 11.1 Å². The van der Waals surface area contributed by atoms with Gasteiger partial charge < -0.3 is 4.90 Å². The van der Waals surface area contributed by atoms with E-state index >= 15 is 0 Å². The van der Waals surface area contributed by atoms with Gasteiger partial charge in [0.25, 0.3) is 5.56 Å². The van der Waals surface area contributed by atoms with Gasteiger partial charge in [0.15, 0.2) is 0 Å². The molecule has 0 radical (unpaired) electrons. The number of hydrogen-bond acceptors (Lipinski definition) is 3. The van der Waals surface area contributed by atoms with E-state index in [1.807, 2.05) is 7.05 Å². The van der Waals surface area contributed by atoms with Crippen LogP contribution in [0.4, 0.5) is 5.69 Å². The first kappa shape index (κ1) is 13.2. The number of nitrogens with one attached hydrogen (secondary N) is 1. The Morgan fingerprint density at radius 2 is 2.10 bits per heavy atom. The minimum atomic E-state index is -0.341. The average Bonchev–Trinajstić information content (AvgIpc) is 2.49. The van der Waals surface area contributed by atoms with Crippen LogP contribution in [0.3, 0.4) is 0 Å². The number of aromatic amines is 1. The lowest BCUT2D eigenvalue weighted by atomic mass is 9.87. The normalized spacial score (nSPS) is 17.6. The fraction of sp³-hybridized carbons (Fsp3) is 0.333. The smallest absolute Gasteiger partial charge is 0.285 e. The van der Waals surface area contributed by atoms with Crippen molar-refractivity contribution in [3.63, 3.8) is 0 Å². The lowest BCUT2D eigenvalue weighted by Crippen LogP contribution is -2.37. The number of halogens is 1. The molecule has 1 aromatic carbocycles. The fourth-order valence-corrected chi connectivity index (χ4v) is 3.05. The molecular weight excluding hydrogens is 274 g/mol. The third-order valence-electron chi connectivity index (χ3n) is 4.03. The van der Waals surface area contributed by atoms with Crippen LogP contribution in [0.5, 0.6) is 0 Å². The van der Waals surface area contributed by atoms with Crippen molar-refractivity contribution in [2.45, 2.75) is 25.3 Å².